The van der Waals surface area contributed by atoms with Crippen molar-refractivity contribution in [2.24, 2.45) is 11.8 Å². The normalized spacial score (nSPS) is 48.3. The van der Waals surface area contributed by atoms with E-state index in [1.165, 1.54) is 19.5 Å². The van der Waals surface area contributed by atoms with Crippen molar-refractivity contribution in [3.63, 3.8) is 0 Å². The van der Waals surface area contributed by atoms with Crippen LogP contribution in [0.1, 0.15) is 6.42 Å². The Hall–Kier alpha value is -0.0800. The van der Waals surface area contributed by atoms with Gasteiger partial charge in [0.2, 0.25) is 0 Å². The van der Waals surface area contributed by atoms with E-state index in [0.29, 0.717) is 12.5 Å². The number of piperidine rings is 1. The van der Waals surface area contributed by atoms with Gasteiger partial charge in [0.15, 0.2) is 0 Å². The van der Waals surface area contributed by atoms with Crippen LogP contribution in [0.15, 0.2) is 0 Å². The molecule has 2 fully saturated rings. The number of hydrogen-bond acceptors (Lipinski definition) is 2. The molecule has 0 spiro atoms. The molecule has 2 saturated heterocycles. The molecule has 2 bridgehead atoms. The predicted molar refractivity (Wildman–Crippen MR) is 35.1 cm³/mol. The molecule has 2 rings (SSSR count). The molecule has 0 aromatic heterocycles. The van der Waals surface area contributed by atoms with E-state index in [-0.39, 0.29) is 0 Å². The number of aliphatic hydroxyl groups excluding tert-OH is 1. The Bertz CT molecular complexity index is 115. The van der Waals surface area contributed by atoms with Gasteiger partial charge in [-0.15, -0.1) is 0 Å². The number of nitrogens with zero attached hydrogens (tertiary/aromatic N) is 1. The first-order valence-electron chi connectivity index (χ1n) is 3.73. The Labute approximate surface area is 55.5 Å². The van der Waals surface area contributed by atoms with Crippen molar-refractivity contribution in [3.05, 3.63) is 0 Å². The zero-order chi connectivity index (χ0) is 6.27. The Morgan fingerprint density at radius 2 is 2.33 bits per heavy atom. The maximum atomic E-state index is 8.86. The van der Waals surface area contributed by atoms with Gasteiger partial charge in [0.1, 0.15) is 0 Å². The lowest BCUT2D eigenvalue weighted by molar-refractivity contribution is 0.178. The van der Waals surface area contributed by atoms with Gasteiger partial charge in [-0.3, -0.25) is 0 Å². The van der Waals surface area contributed by atoms with Gasteiger partial charge >= 0.3 is 0 Å². The Kier molecular flexibility index (Phi) is 1.24. The van der Waals surface area contributed by atoms with Crippen LogP contribution in [0.4, 0.5) is 0 Å². The lowest BCUT2D eigenvalue weighted by Crippen LogP contribution is -2.25. The van der Waals surface area contributed by atoms with Crippen molar-refractivity contribution in [2.45, 2.75) is 6.42 Å². The molecule has 0 aromatic carbocycles. The SMILES string of the molecule is OC[C@@H]1CN2CC[C@H]1C2. The first-order chi connectivity index (χ1) is 4.40. The molecule has 1 N–H and O–H groups in total. The third-order valence-corrected chi connectivity index (χ3v) is 2.70. The average molecular weight is 127 g/mol. The second kappa shape index (κ2) is 1.96. The summed E-state index contributed by atoms with van der Waals surface area (Å²) in [6, 6.07) is 0. The molecule has 0 amide bonds. The van der Waals surface area contributed by atoms with Crippen LogP contribution in [0.5, 0.6) is 0 Å². The van der Waals surface area contributed by atoms with E-state index in [4.69, 9.17) is 5.11 Å². The van der Waals surface area contributed by atoms with E-state index in [0.717, 1.165) is 12.5 Å². The fourth-order valence-electron chi connectivity index (χ4n) is 2.10. The Morgan fingerprint density at radius 1 is 1.44 bits per heavy atom. The Morgan fingerprint density at radius 3 is 2.67 bits per heavy atom. The molecule has 0 aliphatic carbocycles. The van der Waals surface area contributed by atoms with E-state index in [1.807, 2.05) is 0 Å². The van der Waals surface area contributed by atoms with E-state index in [2.05, 4.69) is 4.90 Å². The number of aliphatic hydroxyl groups is 1. The zero-order valence-electron chi connectivity index (χ0n) is 5.58. The molecule has 2 aliphatic rings. The van der Waals surface area contributed by atoms with Crippen LogP contribution in [-0.2, 0) is 0 Å². The van der Waals surface area contributed by atoms with Crippen molar-refractivity contribution in [3.8, 4) is 0 Å². The van der Waals surface area contributed by atoms with Crippen LogP contribution < -0.4 is 0 Å². The highest BCUT2D eigenvalue weighted by atomic mass is 16.3. The lowest BCUT2D eigenvalue weighted by atomic mass is 9.94. The zero-order valence-corrected chi connectivity index (χ0v) is 5.58. The summed E-state index contributed by atoms with van der Waals surface area (Å²) in [5, 5.41) is 8.86. The second-order valence-corrected chi connectivity index (χ2v) is 3.25. The maximum absolute atomic E-state index is 8.86. The van der Waals surface area contributed by atoms with Gasteiger partial charge in [0.25, 0.3) is 0 Å². The smallest absolute Gasteiger partial charge is 0.0474 e. The van der Waals surface area contributed by atoms with Gasteiger partial charge in [-0.05, 0) is 24.8 Å². The minimum absolute atomic E-state index is 0.404. The minimum atomic E-state index is 0.404. The Balaban J connectivity index is 2.01. The summed E-state index contributed by atoms with van der Waals surface area (Å²) < 4.78 is 0. The van der Waals surface area contributed by atoms with Gasteiger partial charge in [-0.25, -0.2) is 0 Å². The van der Waals surface area contributed by atoms with E-state index >= 15 is 0 Å². The fraction of sp³-hybridized carbons (Fsp3) is 1.00. The van der Waals surface area contributed by atoms with Crippen molar-refractivity contribution in [1.82, 2.24) is 4.90 Å². The predicted octanol–water partition coefficient (Wildman–Crippen LogP) is -0.0696. The highest BCUT2D eigenvalue weighted by Gasteiger charge is 2.36. The van der Waals surface area contributed by atoms with Crippen LogP contribution in [-0.4, -0.2) is 36.2 Å². The summed E-state index contributed by atoms with van der Waals surface area (Å²) in [4.78, 5) is 2.45. The molecule has 0 saturated carbocycles. The van der Waals surface area contributed by atoms with Crippen LogP contribution in [0.3, 0.4) is 0 Å². The molecule has 1 unspecified atom stereocenters. The van der Waals surface area contributed by atoms with Gasteiger partial charge in [-0.1, -0.05) is 0 Å². The quantitative estimate of drug-likeness (QED) is 0.533. The van der Waals surface area contributed by atoms with Crippen molar-refractivity contribution in [1.29, 1.82) is 0 Å². The van der Waals surface area contributed by atoms with Crippen LogP contribution in [0, 0.1) is 11.8 Å². The molecular formula is C7H13NO. The van der Waals surface area contributed by atoms with Crippen LogP contribution in [0.25, 0.3) is 0 Å². The van der Waals surface area contributed by atoms with E-state index in [1.54, 1.807) is 0 Å². The monoisotopic (exact) mass is 127 g/mol. The first kappa shape index (κ1) is 5.69. The summed E-state index contributed by atoms with van der Waals surface area (Å²) in [7, 11) is 0. The van der Waals surface area contributed by atoms with Crippen LogP contribution in [0.2, 0.25) is 0 Å². The largest absolute Gasteiger partial charge is 0.396 e. The summed E-state index contributed by atoms with van der Waals surface area (Å²) in [6.07, 6.45) is 1.32. The molecular weight excluding hydrogens is 114 g/mol. The van der Waals surface area contributed by atoms with Crippen molar-refractivity contribution >= 4 is 0 Å². The third kappa shape index (κ3) is 0.775. The molecule has 0 aromatic rings. The molecule has 52 valence electrons. The lowest BCUT2D eigenvalue weighted by Gasteiger charge is -2.18. The summed E-state index contributed by atoms with van der Waals surface area (Å²) in [5.74, 6) is 1.44. The molecule has 2 nitrogen and oxygen atoms in total. The summed E-state index contributed by atoms with van der Waals surface area (Å²) in [5.41, 5.74) is 0. The topological polar surface area (TPSA) is 23.5 Å². The first-order valence-corrected chi connectivity index (χ1v) is 3.73. The molecule has 9 heavy (non-hydrogen) atoms. The number of rotatable bonds is 1. The van der Waals surface area contributed by atoms with E-state index < -0.39 is 0 Å². The summed E-state index contributed by atoms with van der Waals surface area (Å²) >= 11 is 0. The molecule has 3 atom stereocenters. The van der Waals surface area contributed by atoms with Gasteiger partial charge < -0.3 is 10.0 Å². The van der Waals surface area contributed by atoms with Gasteiger partial charge in [-0.2, -0.15) is 0 Å². The minimum Gasteiger partial charge on any atom is -0.396 e. The summed E-state index contributed by atoms with van der Waals surface area (Å²) in [6.45, 7) is 4.09. The maximum Gasteiger partial charge on any atom is 0.0474 e. The standard InChI is InChI=1S/C7H13NO/c9-5-7-4-8-2-1-6(7)3-8/h6-7,9H,1-5H2/t6-,7-/m0/s1. The molecule has 2 aliphatic heterocycles. The van der Waals surface area contributed by atoms with Crippen molar-refractivity contribution in [2.75, 3.05) is 26.2 Å². The van der Waals surface area contributed by atoms with Crippen LogP contribution >= 0.6 is 0 Å². The average Bonchev–Trinajstić information content (AvgIpc) is 2.45. The fourth-order valence-corrected chi connectivity index (χ4v) is 2.10. The highest BCUT2D eigenvalue weighted by molar-refractivity contribution is 4.89. The second-order valence-electron chi connectivity index (χ2n) is 3.25. The molecule has 2 heterocycles. The van der Waals surface area contributed by atoms with E-state index in [9.17, 15) is 0 Å². The van der Waals surface area contributed by atoms with Gasteiger partial charge in [0, 0.05) is 19.7 Å². The number of hydrogen-bond donors (Lipinski definition) is 1. The molecule has 2 heteroatoms. The highest BCUT2D eigenvalue weighted by Crippen LogP contribution is 2.31. The number of fused-ring (bicyclic) bond motifs is 2. The third-order valence-electron chi connectivity index (χ3n) is 2.70. The molecule has 0 radical (unpaired) electrons. The van der Waals surface area contributed by atoms with Crippen molar-refractivity contribution < 1.29 is 5.11 Å². The van der Waals surface area contributed by atoms with Gasteiger partial charge in [0.05, 0.1) is 0 Å².